The van der Waals surface area contributed by atoms with Gasteiger partial charge >= 0.3 is 12.1 Å². The zero-order valence-electron chi connectivity index (χ0n) is 19.1. The summed E-state index contributed by atoms with van der Waals surface area (Å²) in [5.74, 6) is -0.00592. The molecule has 1 aliphatic heterocycles. The van der Waals surface area contributed by atoms with Crippen LogP contribution in [0, 0.1) is 0 Å². The van der Waals surface area contributed by atoms with Gasteiger partial charge in [-0.2, -0.15) is 13.2 Å². The molecule has 0 radical (unpaired) electrons. The number of carbonyl (C=O) groups is 2. The number of alkyl halides is 3. The van der Waals surface area contributed by atoms with Crippen LogP contribution in [-0.2, 0) is 20.5 Å². The smallest absolute Gasteiger partial charge is 0.416 e. The maximum Gasteiger partial charge on any atom is 0.416 e. The number of rotatable bonds is 14. The van der Waals surface area contributed by atoms with Crippen LogP contribution < -0.4 is 4.74 Å². The molecule has 2 atom stereocenters. The van der Waals surface area contributed by atoms with E-state index in [1.807, 2.05) is 4.90 Å². The number of unbranched alkanes of at least 4 members (excludes halogenated alkanes) is 3. The standard InChI is InChI=1S/C24H34F3NO5/c1-2-32-23(31)10-5-3-4-6-15-28-19(12-14-22(28)30)11-13-20(29)17-33-21-9-7-8-18(16-21)24(25,26)27/h7-9,16,19-20,29H,2-6,10-15,17H2,1H3. The highest BCUT2D eigenvalue weighted by Crippen LogP contribution is 2.31. The summed E-state index contributed by atoms with van der Waals surface area (Å²) in [6.45, 7) is 2.72. The van der Waals surface area contributed by atoms with E-state index in [9.17, 15) is 27.9 Å². The average molecular weight is 474 g/mol. The summed E-state index contributed by atoms with van der Waals surface area (Å²) in [6.07, 6.45) is 0.819. The molecule has 0 bridgehead atoms. The van der Waals surface area contributed by atoms with Crippen LogP contribution in [0.1, 0.15) is 70.3 Å². The molecule has 1 fully saturated rings. The molecule has 1 N–H and O–H groups in total. The van der Waals surface area contributed by atoms with E-state index < -0.39 is 17.8 Å². The fraction of sp³-hybridized carbons (Fsp3) is 0.667. The van der Waals surface area contributed by atoms with Crippen LogP contribution in [0.3, 0.4) is 0 Å². The predicted molar refractivity (Wildman–Crippen MR) is 117 cm³/mol. The normalized spacial score (nSPS) is 17.3. The van der Waals surface area contributed by atoms with Crippen molar-refractivity contribution >= 4 is 11.9 Å². The number of carbonyl (C=O) groups excluding carboxylic acids is 2. The second-order valence-corrected chi connectivity index (χ2v) is 8.32. The van der Waals surface area contributed by atoms with E-state index >= 15 is 0 Å². The lowest BCUT2D eigenvalue weighted by Crippen LogP contribution is -2.34. The Labute approximate surface area is 193 Å². The number of aliphatic hydroxyl groups excluding tert-OH is 1. The van der Waals surface area contributed by atoms with Crippen molar-refractivity contribution in [2.45, 2.75) is 83.0 Å². The zero-order valence-corrected chi connectivity index (χ0v) is 19.1. The molecule has 1 aromatic carbocycles. The molecule has 9 heteroatoms. The minimum absolute atomic E-state index is 0.0558. The molecule has 0 aliphatic carbocycles. The number of hydrogen-bond acceptors (Lipinski definition) is 5. The highest BCUT2D eigenvalue weighted by atomic mass is 19.4. The summed E-state index contributed by atoms with van der Waals surface area (Å²) < 4.78 is 48.6. The molecule has 1 aliphatic rings. The summed E-state index contributed by atoms with van der Waals surface area (Å²) >= 11 is 0. The number of ether oxygens (including phenoxy) is 2. The number of esters is 1. The Hall–Kier alpha value is -2.29. The molecule has 1 amide bonds. The number of nitrogens with zero attached hydrogens (tertiary/aromatic N) is 1. The minimum Gasteiger partial charge on any atom is -0.491 e. The fourth-order valence-electron chi connectivity index (χ4n) is 3.96. The summed E-state index contributed by atoms with van der Waals surface area (Å²) in [4.78, 5) is 25.4. The van der Waals surface area contributed by atoms with Crippen molar-refractivity contribution in [3.8, 4) is 5.75 Å². The van der Waals surface area contributed by atoms with Gasteiger partial charge in [0.2, 0.25) is 5.91 Å². The van der Waals surface area contributed by atoms with E-state index in [-0.39, 0.29) is 30.3 Å². The lowest BCUT2D eigenvalue weighted by molar-refractivity contribution is -0.143. The number of benzene rings is 1. The van der Waals surface area contributed by atoms with E-state index in [1.165, 1.54) is 12.1 Å². The predicted octanol–water partition coefficient (Wildman–Crippen LogP) is 4.73. The van der Waals surface area contributed by atoms with Crippen LogP contribution in [0.25, 0.3) is 0 Å². The number of amides is 1. The van der Waals surface area contributed by atoms with E-state index in [0.29, 0.717) is 38.8 Å². The first-order valence-electron chi connectivity index (χ1n) is 11.6. The van der Waals surface area contributed by atoms with Crippen LogP contribution in [0.15, 0.2) is 24.3 Å². The second kappa shape index (κ2) is 13.4. The molecular formula is C24H34F3NO5. The molecule has 0 spiro atoms. The van der Waals surface area contributed by atoms with Crippen molar-refractivity contribution in [3.05, 3.63) is 29.8 Å². The SMILES string of the molecule is CCOC(=O)CCCCCCN1C(=O)CCC1CCC(O)COc1cccc(C(F)(F)F)c1. The molecule has 1 saturated heterocycles. The largest absolute Gasteiger partial charge is 0.491 e. The van der Waals surface area contributed by atoms with Gasteiger partial charge in [-0.3, -0.25) is 9.59 Å². The van der Waals surface area contributed by atoms with Crippen molar-refractivity contribution in [2.24, 2.45) is 0 Å². The fourth-order valence-corrected chi connectivity index (χ4v) is 3.96. The molecule has 6 nitrogen and oxygen atoms in total. The van der Waals surface area contributed by atoms with E-state index in [0.717, 1.165) is 44.2 Å². The number of likely N-dealkylation sites (tertiary alicyclic amines) is 1. The number of hydrogen-bond donors (Lipinski definition) is 1. The number of halogens is 3. The van der Waals surface area contributed by atoms with Gasteiger partial charge in [0.05, 0.1) is 18.3 Å². The van der Waals surface area contributed by atoms with Crippen LogP contribution in [-0.4, -0.2) is 53.8 Å². The maximum absolute atomic E-state index is 12.8. The summed E-state index contributed by atoms with van der Waals surface area (Å²) in [7, 11) is 0. The van der Waals surface area contributed by atoms with Gasteiger partial charge in [0.15, 0.2) is 0 Å². The van der Waals surface area contributed by atoms with Crippen molar-refractivity contribution in [1.29, 1.82) is 0 Å². The molecule has 0 saturated carbocycles. The summed E-state index contributed by atoms with van der Waals surface area (Å²) in [5.41, 5.74) is -0.796. The minimum atomic E-state index is -4.45. The monoisotopic (exact) mass is 473 g/mol. The first kappa shape index (κ1) is 27.0. The Morgan fingerprint density at radius 1 is 1.24 bits per heavy atom. The zero-order chi connectivity index (χ0) is 24.3. The molecule has 0 aromatic heterocycles. The van der Waals surface area contributed by atoms with Gasteiger partial charge in [0.1, 0.15) is 12.4 Å². The van der Waals surface area contributed by atoms with Gasteiger partial charge in [-0.05, 0) is 57.2 Å². The van der Waals surface area contributed by atoms with Crippen molar-refractivity contribution in [1.82, 2.24) is 4.90 Å². The lowest BCUT2D eigenvalue weighted by Gasteiger charge is -2.25. The molecule has 33 heavy (non-hydrogen) atoms. The van der Waals surface area contributed by atoms with Gasteiger partial charge in [0, 0.05) is 25.4 Å². The molecule has 1 heterocycles. The number of aliphatic hydroxyl groups is 1. The van der Waals surface area contributed by atoms with Crippen LogP contribution in [0.2, 0.25) is 0 Å². The van der Waals surface area contributed by atoms with E-state index in [4.69, 9.17) is 9.47 Å². The summed E-state index contributed by atoms with van der Waals surface area (Å²) in [6, 6.07) is 4.63. The topological polar surface area (TPSA) is 76.1 Å². The van der Waals surface area contributed by atoms with Crippen LogP contribution >= 0.6 is 0 Å². The first-order valence-corrected chi connectivity index (χ1v) is 11.6. The van der Waals surface area contributed by atoms with E-state index in [2.05, 4.69) is 0 Å². The van der Waals surface area contributed by atoms with Crippen molar-refractivity contribution < 1.29 is 37.3 Å². The van der Waals surface area contributed by atoms with Crippen LogP contribution in [0.5, 0.6) is 5.75 Å². The third-order valence-electron chi connectivity index (χ3n) is 5.72. The van der Waals surface area contributed by atoms with Crippen molar-refractivity contribution in [2.75, 3.05) is 19.8 Å². The van der Waals surface area contributed by atoms with Gasteiger partial charge in [-0.25, -0.2) is 0 Å². The van der Waals surface area contributed by atoms with Crippen molar-refractivity contribution in [3.63, 3.8) is 0 Å². The highest BCUT2D eigenvalue weighted by molar-refractivity contribution is 5.78. The Morgan fingerprint density at radius 3 is 2.73 bits per heavy atom. The molecule has 186 valence electrons. The quantitative estimate of drug-likeness (QED) is 0.312. The molecule has 1 aromatic rings. The highest BCUT2D eigenvalue weighted by Gasteiger charge is 2.31. The second-order valence-electron chi connectivity index (χ2n) is 8.32. The average Bonchev–Trinajstić information content (AvgIpc) is 3.12. The summed E-state index contributed by atoms with van der Waals surface area (Å²) in [5, 5.41) is 10.2. The van der Waals surface area contributed by atoms with Gasteiger partial charge < -0.3 is 19.5 Å². The third-order valence-corrected chi connectivity index (χ3v) is 5.72. The Bertz CT molecular complexity index is 756. The van der Waals surface area contributed by atoms with Gasteiger partial charge in [0.25, 0.3) is 0 Å². The first-order chi connectivity index (χ1) is 15.7. The lowest BCUT2D eigenvalue weighted by atomic mass is 10.1. The Morgan fingerprint density at radius 2 is 2.00 bits per heavy atom. The third kappa shape index (κ3) is 9.61. The Balaban J connectivity index is 1.67. The molecule has 2 unspecified atom stereocenters. The Kier molecular flexibility index (Phi) is 11.0. The van der Waals surface area contributed by atoms with Gasteiger partial charge in [-0.1, -0.05) is 18.9 Å². The maximum atomic E-state index is 12.8. The van der Waals surface area contributed by atoms with Crippen LogP contribution in [0.4, 0.5) is 13.2 Å². The molecular weight excluding hydrogens is 439 g/mol. The van der Waals surface area contributed by atoms with E-state index in [1.54, 1.807) is 6.92 Å². The molecule has 2 rings (SSSR count). The van der Waals surface area contributed by atoms with Gasteiger partial charge in [-0.15, -0.1) is 0 Å².